The van der Waals surface area contributed by atoms with Gasteiger partial charge in [-0.05, 0) is 24.3 Å². The highest BCUT2D eigenvalue weighted by atomic mass is 35.5. The second-order valence-corrected chi connectivity index (χ2v) is 4.89. The topological polar surface area (TPSA) is 119 Å². The van der Waals surface area contributed by atoms with E-state index in [9.17, 15) is 4.79 Å². The van der Waals surface area contributed by atoms with Crippen LogP contribution < -0.4 is 16.6 Å². The molecule has 0 radical (unpaired) electrons. The highest BCUT2D eigenvalue weighted by molar-refractivity contribution is 7.00. The normalized spacial score (nSPS) is 10.6. The van der Waals surface area contributed by atoms with Gasteiger partial charge in [-0.1, -0.05) is 11.6 Å². The predicted molar refractivity (Wildman–Crippen MR) is 80.2 cm³/mol. The lowest BCUT2D eigenvalue weighted by atomic mass is 10.2. The molecule has 0 aliphatic rings. The molecule has 0 spiro atoms. The van der Waals surface area contributed by atoms with Gasteiger partial charge in [-0.25, -0.2) is 5.84 Å². The van der Waals surface area contributed by atoms with Crippen LogP contribution in [0, 0.1) is 0 Å². The summed E-state index contributed by atoms with van der Waals surface area (Å²) >= 11 is 7.14. The summed E-state index contributed by atoms with van der Waals surface area (Å²) in [5.41, 5.74) is 4.05. The zero-order valence-corrected chi connectivity index (χ0v) is 11.9. The van der Waals surface area contributed by atoms with Crippen LogP contribution in [0.3, 0.4) is 0 Å². The lowest BCUT2D eigenvalue weighted by molar-refractivity contribution is 0.102. The van der Waals surface area contributed by atoms with Crippen molar-refractivity contribution in [3.63, 3.8) is 0 Å². The number of halogens is 1. The van der Waals surface area contributed by atoms with Gasteiger partial charge in [-0.2, -0.15) is 8.75 Å². The second-order valence-electron chi connectivity index (χ2n) is 3.96. The van der Waals surface area contributed by atoms with Gasteiger partial charge in [0.25, 0.3) is 5.91 Å². The number of amides is 1. The Bertz CT molecular complexity index is 804. The van der Waals surface area contributed by atoms with Crippen molar-refractivity contribution in [2.24, 2.45) is 5.84 Å². The number of anilines is 2. The van der Waals surface area contributed by atoms with Gasteiger partial charge in [-0.3, -0.25) is 4.79 Å². The molecule has 2 aromatic heterocycles. The summed E-state index contributed by atoms with van der Waals surface area (Å²) < 4.78 is 8.22. The Morgan fingerprint density at radius 2 is 2.05 bits per heavy atom. The average Bonchev–Trinajstić information content (AvgIpc) is 2.99. The number of rotatable bonds is 3. The standard InChI is InChI=1S/C11H8ClN7OS/c12-5-1-2-6-10(19-21-18-6)9(5)14-11(20)7-3-4-8(15-13)17-16-7/h1-4H,13H2,(H,14,20)(H,15,17). The summed E-state index contributed by atoms with van der Waals surface area (Å²) in [5.74, 6) is 5.09. The summed E-state index contributed by atoms with van der Waals surface area (Å²) in [6.45, 7) is 0. The van der Waals surface area contributed by atoms with Crippen LogP contribution in [0.25, 0.3) is 11.0 Å². The molecule has 21 heavy (non-hydrogen) atoms. The molecule has 1 aromatic carbocycles. The first kappa shape index (κ1) is 13.6. The third-order valence-corrected chi connectivity index (χ3v) is 3.52. The van der Waals surface area contributed by atoms with Gasteiger partial charge in [0.15, 0.2) is 11.5 Å². The van der Waals surface area contributed by atoms with E-state index in [1.807, 2.05) is 0 Å². The van der Waals surface area contributed by atoms with E-state index < -0.39 is 5.91 Å². The number of aromatic nitrogens is 4. The van der Waals surface area contributed by atoms with Crippen molar-refractivity contribution in [2.45, 2.75) is 0 Å². The van der Waals surface area contributed by atoms with E-state index in [4.69, 9.17) is 17.4 Å². The van der Waals surface area contributed by atoms with Gasteiger partial charge >= 0.3 is 0 Å². The number of nitrogens with one attached hydrogen (secondary N) is 2. The van der Waals surface area contributed by atoms with Gasteiger partial charge in [0.2, 0.25) is 0 Å². The molecule has 106 valence electrons. The molecule has 10 heteroatoms. The highest BCUT2D eigenvalue weighted by Gasteiger charge is 2.15. The zero-order valence-electron chi connectivity index (χ0n) is 10.4. The van der Waals surface area contributed by atoms with Gasteiger partial charge in [-0.15, -0.1) is 10.2 Å². The number of hydrogen-bond acceptors (Lipinski definition) is 8. The van der Waals surface area contributed by atoms with Crippen molar-refractivity contribution in [3.05, 3.63) is 35.0 Å². The van der Waals surface area contributed by atoms with Crippen LogP contribution in [-0.4, -0.2) is 24.9 Å². The Morgan fingerprint density at radius 1 is 1.19 bits per heavy atom. The smallest absolute Gasteiger partial charge is 0.276 e. The Kier molecular flexibility index (Phi) is 3.60. The number of carbonyl (C=O) groups is 1. The first-order chi connectivity index (χ1) is 10.2. The monoisotopic (exact) mass is 321 g/mol. The Hall–Kier alpha value is -2.36. The molecule has 0 aliphatic carbocycles. The zero-order chi connectivity index (χ0) is 14.8. The van der Waals surface area contributed by atoms with E-state index in [0.29, 0.717) is 27.6 Å². The third-order valence-electron chi connectivity index (χ3n) is 2.66. The van der Waals surface area contributed by atoms with Crippen molar-refractivity contribution in [1.29, 1.82) is 0 Å². The molecule has 0 bridgehead atoms. The van der Waals surface area contributed by atoms with Crippen LogP contribution in [0.1, 0.15) is 10.5 Å². The van der Waals surface area contributed by atoms with Crippen LogP contribution in [0.4, 0.5) is 11.5 Å². The Morgan fingerprint density at radius 3 is 2.76 bits per heavy atom. The lowest BCUT2D eigenvalue weighted by Gasteiger charge is -2.07. The molecule has 2 heterocycles. The number of carbonyl (C=O) groups excluding carboxylic acids is 1. The number of fused-ring (bicyclic) bond motifs is 1. The van der Waals surface area contributed by atoms with Crippen molar-refractivity contribution in [3.8, 4) is 0 Å². The predicted octanol–water partition coefficient (Wildman–Crippen LogP) is 1.67. The molecule has 0 saturated carbocycles. The maximum atomic E-state index is 12.2. The fourth-order valence-corrected chi connectivity index (χ4v) is 2.40. The molecule has 0 saturated heterocycles. The third kappa shape index (κ3) is 2.61. The number of nitrogens with two attached hydrogens (primary N) is 1. The van der Waals surface area contributed by atoms with E-state index in [0.717, 1.165) is 11.7 Å². The van der Waals surface area contributed by atoms with Crippen LogP contribution in [0.5, 0.6) is 0 Å². The largest absolute Gasteiger partial charge is 0.317 e. The highest BCUT2D eigenvalue weighted by Crippen LogP contribution is 2.30. The van der Waals surface area contributed by atoms with E-state index in [-0.39, 0.29) is 5.69 Å². The Balaban J connectivity index is 1.92. The van der Waals surface area contributed by atoms with E-state index in [1.165, 1.54) is 12.1 Å². The van der Waals surface area contributed by atoms with Crippen LogP contribution in [0.15, 0.2) is 24.3 Å². The van der Waals surface area contributed by atoms with E-state index in [2.05, 4.69) is 29.7 Å². The molecular weight excluding hydrogens is 314 g/mol. The molecule has 0 unspecified atom stereocenters. The molecule has 3 rings (SSSR count). The van der Waals surface area contributed by atoms with Gasteiger partial charge in [0, 0.05) is 0 Å². The minimum atomic E-state index is -0.450. The lowest BCUT2D eigenvalue weighted by Crippen LogP contribution is -2.16. The summed E-state index contributed by atoms with van der Waals surface area (Å²) in [4.78, 5) is 12.2. The van der Waals surface area contributed by atoms with Gasteiger partial charge < -0.3 is 10.7 Å². The number of hydrazine groups is 1. The van der Waals surface area contributed by atoms with E-state index in [1.54, 1.807) is 12.1 Å². The van der Waals surface area contributed by atoms with Crippen molar-refractivity contribution in [1.82, 2.24) is 18.9 Å². The minimum Gasteiger partial charge on any atom is -0.317 e. The SMILES string of the molecule is NNc1ccc(C(=O)Nc2c(Cl)ccc3nsnc23)nn1. The number of hydrogen-bond donors (Lipinski definition) is 3. The second kappa shape index (κ2) is 5.56. The van der Waals surface area contributed by atoms with Crippen molar-refractivity contribution >= 4 is 51.8 Å². The molecule has 0 atom stereocenters. The molecule has 1 amide bonds. The first-order valence-electron chi connectivity index (χ1n) is 5.71. The maximum Gasteiger partial charge on any atom is 0.276 e. The molecule has 0 fully saturated rings. The summed E-state index contributed by atoms with van der Waals surface area (Å²) in [5, 5.41) is 10.5. The van der Waals surface area contributed by atoms with Gasteiger partial charge in [0.05, 0.1) is 22.4 Å². The molecule has 3 aromatic rings. The summed E-state index contributed by atoms with van der Waals surface area (Å²) in [6.07, 6.45) is 0. The fourth-order valence-electron chi connectivity index (χ4n) is 1.65. The average molecular weight is 322 g/mol. The fraction of sp³-hybridized carbons (Fsp3) is 0. The van der Waals surface area contributed by atoms with Crippen LogP contribution in [0.2, 0.25) is 5.02 Å². The Labute approximate surface area is 127 Å². The molecule has 0 aliphatic heterocycles. The summed E-state index contributed by atoms with van der Waals surface area (Å²) in [7, 11) is 0. The number of benzene rings is 1. The van der Waals surface area contributed by atoms with Gasteiger partial charge in [0.1, 0.15) is 11.0 Å². The first-order valence-corrected chi connectivity index (χ1v) is 6.82. The van der Waals surface area contributed by atoms with Crippen molar-refractivity contribution in [2.75, 3.05) is 10.7 Å². The van der Waals surface area contributed by atoms with Crippen LogP contribution in [-0.2, 0) is 0 Å². The minimum absolute atomic E-state index is 0.130. The molecule has 4 N–H and O–H groups in total. The van der Waals surface area contributed by atoms with Crippen molar-refractivity contribution < 1.29 is 4.79 Å². The summed E-state index contributed by atoms with van der Waals surface area (Å²) in [6, 6.07) is 6.41. The van der Waals surface area contributed by atoms with E-state index >= 15 is 0 Å². The quantitative estimate of drug-likeness (QED) is 0.496. The number of nitrogen functional groups attached to an aromatic ring is 1. The molecular formula is C11H8ClN7OS. The van der Waals surface area contributed by atoms with Crippen LogP contribution >= 0.6 is 23.3 Å². The number of nitrogens with zero attached hydrogens (tertiary/aromatic N) is 4. The maximum absolute atomic E-state index is 12.2. The molecule has 8 nitrogen and oxygen atoms in total.